The van der Waals surface area contributed by atoms with Crippen LogP contribution in [-0.4, -0.2) is 73.6 Å². The Morgan fingerprint density at radius 1 is 0.459 bits per heavy atom. The van der Waals surface area contributed by atoms with E-state index < -0.39 is 0 Å². The molecule has 0 aliphatic heterocycles. The SMILES string of the molecule is CCCCCC(CC=O)CCCCC.CCCCCC(CC=O)CCCCC.CCN(C)CCCOC(=O)C(CCCCCCCCCCO)CCCCCCCCCCO. The fraction of sp³-hybridized carbons (Fsp3) is 0.944. The van der Waals surface area contributed by atoms with Crippen LogP contribution in [0.1, 0.15) is 272 Å². The summed E-state index contributed by atoms with van der Waals surface area (Å²) in [5.41, 5.74) is 0. The van der Waals surface area contributed by atoms with Gasteiger partial charge >= 0.3 is 5.97 Å². The van der Waals surface area contributed by atoms with Crippen LogP contribution in [0.3, 0.4) is 0 Å². The molecule has 0 unspecified atom stereocenters. The first-order valence-corrected chi connectivity index (χ1v) is 26.8. The molecule has 0 bridgehead atoms. The summed E-state index contributed by atoms with van der Waals surface area (Å²) in [6, 6.07) is 0. The Morgan fingerprint density at radius 3 is 1.07 bits per heavy atom. The quantitative estimate of drug-likeness (QED) is 0.0357. The Balaban J connectivity index is -0.000000984. The summed E-state index contributed by atoms with van der Waals surface area (Å²) in [6.45, 7) is 14.2. The molecule has 7 heteroatoms. The zero-order valence-electron chi connectivity index (χ0n) is 42.1. The standard InChI is InChI=1S/C28H57NO4.2C13H26O/c1-3-29(2)23-20-26-33-28(32)27(21-16-12-8-4-6-10-14-18-24-30)22-17-13-9-5-7-11-15-19-25-31;2*1-3-5-7-9-13(11-12-14)10-8-6-4-2/h27,30-31H,3-26H2,1-2H3;2*12-13H,3-11H2,1-2H3. The molecule has 0 heterocycles. The van der Waals surface area contributed by atoms with Crippen LogP contribution < -0.4 is 0 Å². The highest BCUT2D eigenvalue weighted by molar-refractivity contribution is 5.72. The predicted octanol–water partition coefficient (Wildman–Crippen LogP) is 15.2. The lowest BCUT2D eigenvalue weighted by molar-refractivity contribution is -0.149. The maximum atomic E-state index is 12.7. The lowest BCUT2D eigenvalue weighted by Gasteiger charge is -2.17. The maximum absolute atomic E-state index is 12.7. The Morgan fingerprint density at radius 2 is 0.770 bits per heavy atom. The smallest absolute Gasteiger partial charge is 0.308 e. The third kappa shape index (κ3) is 52.9. The second-order valence-corrected chi connectivity index (χ2v) is 18.3. The van der Waals surface area contributed by atoms with Crippen LogP contribution in [0.5, 0.6) is 0 Å². The molecule has 0 radical (unpaired) electrons. The monoisotopic (exact) mass is 868 g/mol. The number of aliphatic hydroxyl groups excluding tert-OH is 2. The molecule has 0 spiro atoms. The van der Waals surface area contributed by atoms with Crippen LogP contribution in [0.25, 0.3) is 0 Å². The minimum Gasteiger partial charge on any atom is -0.465 e. The number of carbonyl (C=O) groups excluding carboxylic acids is 3. The number of aldehydes is 2. The van der Waals surface area contributed by atoms with E-state index in [-0.39, 0.29) is 11.9 Å². The van der Waals surface area contributed by atoms with Gasteiger partial charge in [-0.3, -0.25) is 4.79 Å². The molecule has 7 nitrogen and oxygen atoms in total. The summed E-state index contributed by atoms with van der Waals surface area (Å²) in [5.74, 6) is 1.45. The lowest BCUT2D eigenvalue weighted by atomic mass is 9.93. The van der Waals surface area contributed by atoms with Crippen LogP contribution in [0.4, 0.5) is 0 Å². The van der Waals surface area contributed by atoms with E-state index in [2.05, 4.69) is 46.6 Å². The third-order valence-electron chi connectivity index (χ3n) is 12.4. The minimum atomic E-state index is 0.0298. The van der Waals surface area contributed by atoms with Crippen molar-refractivity contribution in [1.82, 2.24) is 4.90 Å². The number of unbranched alkanes of at least 4 members (excludes halogenated alkanes) is 22. The Bertz CT molecular complexity index is 768. The van der Waals surface area contributed by atoms with Gasteiger partial charge in [-0.25, -0.2) is 0 Å². The molecule has 0 aliphatic carbocycles. The second-order valence-electron chi connectivity index (χ2n) is 18.3. The van der Waals surface area contributed by atoms with Crippen molar-refractivity contribution in [1.29, 1.82) is 0 Å². The lowest BCUT2D eigenvalue weighted by Crippen LogP contribution is -2.23. The Hall–Kier alpha value is -1.31. The van der Waals surface area contributed by atoms with E-state index in [1.165, 1.54) is 167 Å². The summed E-state index contributed by atoms with van der Waals surface area (Å²) < 4.78 is 5.66. The molecule has 0 rings (SSSR count). The topological polar surface area (TPSA) is 104 Å². The van der Waals surface area contributed by atoms with Gasteiger partial charge < -0.3 is 29.4 Å². The van der Waals surface area contributed by atoms with Crippen LogP contribution in [0.2, 0.25) is 0 Å². The van der Waals surface area contributed by atoms with Crippen molar-refractivity contribution in [3.8, 4) is 0 Å². The fourth-order valence-corrected chi connectivity index (χ4v) is 8.05. The molecule has 0 aliphatic rings. The highest BCUT2D eigenvalue weighted by Crippen LogP contribution is 2.23. The molecule has 0 atom stereocenters. The van der Waals surface area contributed by atoms with Gasteiger partial charge in [-0.05, 0) is 57.5 Å². The summed E-state index contributed by atoms with van der Waals surface area (Å²) >= 11 is 0. The van der Waals surface area contributed by atoms with Crippen LogP contribution in [0, 0.1) is 17.8 Å². The first-order valence-electron chi connectivity index (χ1n) is 26.8. The number of rotatable bonds is 46. The highest BCUT2D eigenvalue weighted by Gasteiger charge is 2.19. The van der Waals surface area contributed by atoms with Gasteiger partial charge in [-0.1, -0.05) is 227 Å². The van der Waals surface area contributed by atoms with Gasteiger partial charge in [0.1, 0.15) is 12.6 Å². The van der Waals surface area contributed by atoms with Gasteiger partial charge in [0.15, 0.2) is 0 Å². The zero-order chi connectivity index (χ0) is 45.7. The number of esters is 1. The van der Waals surface area contributed by atoms with E-state index in [4.69, 9.17) is 14.9 Å². The number of carbonyl (C=O) groups is 3. The molecule has 0 aromatic rings. The summed E-state index contributed by atoms with van der Waals surface area (Å²) in [6.07, 6.45) is 46.1. The molecular weight excluding hydrogens is 759 g/mol. The molecule has 2 N–H and O–H groups in total. The summed E-state index contributed by atoms with van der Waals surface area (Å²) in [4.78, 5) is 35.9. The number of ether oxygens (including phenoxy) is 1. The number of nitrogens with zero attached hydrogens (tertiary/aromatic N) is 1. The zero-order valence-corrected chi connectivity index (χ0v) is 42.1. The van der Waals surface area contributed by atoms with Crippen molar-refractivity contribution < 1.29 is 29.3 Å². The molecule has 61 heavy (non-hydrogen) atoms. The van der Waals surface area contributed by atoms with Crippen molar-refractivity contribution in [2.24, 2.45) is 17.8 Å². The predicted molar refractivity (Wildman–Crippen MR) is 264 cm³/mol. The first kappa shape index (κ1) is 64.0. The number of hydrogen-bond acceptors (Lipinski definition) is 7. The molecule has 366 valence electrons. The van der Waals surface area contributed by atoms with E-state index in [1.807, 2.05) is 0 Å². The number of hydrogen-bond donors (Lipinski definition) is 2. The van der Waals surface area contributed by atoms with E-state index >= 15 is 0 Å². The van der Waals surface area contributed by atoms with E-state index in [9.17, 15) is 14.4 Å². The molecule has 0 aromatic heterocycles. The van der Waals surface area contributed by atoms with Crippen molar-refractivity contribution in [2.45, 2.75) is 272 Å². The minimum absolute atomic E-state index is 0.0298. The Labute approximate surface area is 381 Å². The van der Waals surface area contributed by atoms with Crippen molar-refractivity contribution in [2.75, 3.05) is 40.0 Å². The van der Waals surface area contributed by atoms with Crippen LogP contribution in [0.15, 0.2) is 0 Å². The van der Waals surface area contributed by atoms with Crippen molar-refractivity contribution in [3.63, 3.8) is 0 Å². The van der Waals surface area contributed by atoms with Crippen molar-refractivity contribution in [3.05, 3.63) is 0 Å². The molecule has 0 aromatic carbocycles. The van der Waals surface area contributed by atoms with E-state index in [0.717, 1.165) is 96.3 Å². The second kappa shape index (κ2) is 56.7. The van der Waals surface area contributed by atoms with Crippen LogP contribution in [-0.2, 0) is 19.1 Å². The molecule has 0 amide bonds. The maximum Gasteiger partial charge on any atom is 0.308 e. The summed E-state index contributed by atoms with van der Waals surface area (Å²) in [7, 11) is 2.10. The highest BCUT2D eigenvalue weighted by atomic mass is 16.5. The molecule has 0 fully saturated rings. The van der Waals surface area contributed by atoms with Gasteiger partial charge in [0.25, 0.3) is 0 Å². The number of aliphatic hydroxyl groups is 2. The van der Waals surface area contributed by atoms with Crippen LogP contribution >= 0.6 is 0 Å². The van der Waals surface area contributed by atoms with Crippen molar-refractivity contribution >= 4 is 18.5 Å². The van der Waals surface area contributed by atoms with Gasteiger partial charge in [-0.15, -0.1) is 0 Å². The van der Waals surface area contributed by atoms with Gasteiger partial charge in [-0.2, -0.15) is 0 Å². The first-order chi connectivity index (χ1) is 29.8. The van der Waals surface area contributed by atoms with Gasteiger partial charge in [0.05, 0.1) is 12.5 Å². The molecular formula is C54H109NO6. The average Bonchev–Trinajstić information content (AvgIpc) is 3.26. The molecule has 0 saturated heterocycles. The summed E-state index contributed by atoms with van der Waals surface area (Å²) in [5, 5.41) is 17.7. The Kier molecular flexibility index (Phi) is 59.5. The molecule has 0 saturated carbocycles. The van der Waals surface area contributed by atoms with E-state index in [0.29, 0.717) is 31.7 Å². The van der Waals surface area contributed by atoms with Gasteiger partial charge in [0, 0.05) is 32.6 Å². The fourth-order valence-electron chi connectivity index (χ4n) is 8.05. The third-order valence-corrected chi connectivity index (χ3v) is 12.4. The largest absolute Gasteiger partial charge is 0.465 e. The average molecular weight is 868 g/mol. The van der Waals surface area contributed by atoms with E-state index in [1.54, 1.807) is 0 Å². The van der Waals surface area contributed by atoms with Gasteiger partial charge in [0.2, 0.25) is 0 Å². The normalized spacial score (nSPS) is 11.2.